The molecule has 0 aliphatic rings. The van der Waals surface area contributed by atoms with E-state index in [1.54, 1.807) is 95.0 Å². The van der Waals surface area contributed by atoms with Crippen molar-refractivity contribution in [1.29, 1.82) is 0 Å². The van der Waals surface area contributed by atoms with Crippen molar-refractivity contribution >= 4 is 42.1 Å². The van der Waals surface area contributed by atoms with Crippen molar-refractivity contribution in [1.82, 2.24) is 31.1 Å². The molecule has 0 aliphatic heterocycles. The van der Waals surface area contributed by atoms with Gasteiger partial charge in [-0.2, -0.15) is 0 Å². The predicted octanol–water partition coefficient (Wildman–Crippen LogP) is 5.85. The molecule has 0 aromatic rings. The van der Waals surface area contributed by atoms with Crippen LogP contribution in [0.4, 0.5) is 19.2 Å². The zero-order valence-corrected chi connectivity index (χ0v) is 35.8. The van der Waals surface area contributed by atoms with Crippen LogP contribution in [0.5, 0.6) is 0 Å². The minimum Gasteiger partial charge on any atom is -0.444 e. The van der Waals surface area contributed by atoms with Gasteiger partial charge >= 0.3 is 24.4 Å². The highest BCUT2D eigenvalue weighted by Crippen LogP contribution is 2.12. The number of unbranched alkanes of at least 4 members (excludes halogenated alkanes) is 4. The zero-order valence-electron chi connectivity index (χ0n) is 35.8. The first-order valence-electron chi connectivity index (χ1n) is 19.2. The molecule has 0 radical (unpaired) electrons. The molecule has 0 saturated carbocycles. The molecule has 4 N–H and O–H groups in total. The summed E-state index contributed by atoms with van der Waals surface area (Å²) in [5.74, 6) is -0.733. The fraction of sp³-hybridized carbons (Fsp3) is 0.816. The average Bonchev–Trinajstić information content (AvgIpc) is 2.97. The average molecular weight is 786 g/mol. The van der Waals surface area contributed by atoms with E-state index in [9.17, 15) is 28.8 Å². The predicted molar refractivity (Wildman–Crippen MR) is 211 cm³/mol. The molecule has 0 saturated heterocycles. The minimum absolute atomic E-state index is 0.0728. The third-order valence-electron chi connectivity index (χ3n) is 6.75. The fourth-order valence-electron chi connectivity index (χ4n) is 4.43. The smallest absolute Gasteiger partial charge is 0.414 e. The molecular formula is C38H71N7O10. The Morgan fingerprint density at radius 3 is 1.51 bits per heavy atom. The lowest BCUT2D eigenvalue weighted by atomic mass is 10.2. The highest BCUT2D eigenvalue weighted by molar-refractivity contribution is 6.01. The molecule has 318 valence electrons. The van der Waals surface area contributed by atoms with Crippen LogP contribution in [0.2, 0.25) is 0 Å². The third kappa shape index (κ3) is 30.7. The molecule has 0 bridgehead atoms. The van der Waals surface area contributed by atoms with Crippen LogP contribution in [-0.4, -0.2) is 121 Å². The molecule has 0 aliphatic carbocycles. The second-order valence-electron chi connectivity index (χ2n) is 17.2. The van der Waals surface area contributed by atoms with Gasteiger partial charge in [0.25, 0.3) is 0 Å². The number of aliphatic imine (C=N–C) groups is 1. The molecule has 0 unspecified atom stereocenters. The van der Waals surface area contributed by atoms with E-state index in [4.69, 9.17) is 18.9 Å². The number of alkyl carbamates (subject to hydrolysis) is 3. The van der Waals surface area contributed by atoms with Crippen LogP contribution < -0.4 is 21.3 Å². The highest BCUT2D eigenvalue weighted by atomic mass is 16.6. The number of guanidine groups is 1. The van der Waals surface area contributed by atoms with Gasteiger partial charge < -0.3 is 39.4 Å². The monoisotopic (exact) mass is 786 g/mol. The van der Waals surface area contributed by atoms with Gasteiger partial charge in [0.15, 0.2) is 0 Å². The van der Waals surface area contributed by atoms with Gasteiger partial charge in [0, 0.05) is 46.3 Å². The van der Waals surface area contributed by atoms with Crippen molar-refractivity contribution in [2.75, 3.05) is 46.3 Å². The number of carbonyl (C=O) groups is 6. The molecular weight excluding hydrogens is 714 g/mol. The first-order valence-corrected chi connectivity index (χ1v) is 19.2. The number of nitrogens with one attached hydrogen (secondary N) is 4. The lowest BCUT2D eigenvalue weighted by Gasteiger charge is -2.27. The summed E-state index contributed by atoms with van der Waals surface area (Å²) < 4.78 is 21.3. The Kier molecular flexibility index (Phi) is 22.4. The van der Waals surface area contributed by atoms with Crippen LogP contribution in [0.15, 0.2) is 4.99 Å². The SMILES string of the molecule is CN(CCCCCCN=C(NC(=O)OC(C)(C)C)NC(=O)OC(C)(C)C)C(=O)CC(=O)NCCCCN(CCCNC(=O)OC(C)(C)C)C(=O)OC(C)(C)C. The first-order chi connectivity index (χ1) is 25.2. The Hall–Kier alpha value is -4.31. The Labute approximate surface area is 328 Å². The van der Waals surface area contributed by atoms with Crippen LogP contribution in [0.1, 0.15) is 134 Å². The van der Waals surface area contributed by atoms with E-state index in [2.05, 4.69) is 26.3 Å². The molecule has 55 heavy (non-hydrogen) atoms. The summed E-state index contributed by atoms with van der Waals surface area (Å²) in [7, 11) is 1.66. The molecule has 0 spiro atoms. The molecule has 0 heterocycles. The van der Waals surface area contributed by atoms with Crippen LogP contribution in [-0.2, 0) is 28.5 Å². The van der Waals surface area contributed by atoms with Crippen molar-refractivity contribution in [3.8, 4) is 0 Å². The van der Waals surface area contributed by atoms with Crippen molar-refractivity contribution in [3.05, 3.63) is 0 Å². The summed E-state index contributed by atoms with van der Waals surface area (Å²) in [5, 5.41) is 10.4. The number of hydrogen-bond acceptors (Lipinski definition) is 11. The normalized spacial score (nSPS) is 11.7. The summed E-state index contributed by atoms with van der Waals surface area (Å²) in [6, 6.07) is 0. The molecule has 0 atom stereocenters. The molecule has 17 heteroatoms. The van der Waals surface area contributed by atoms with Gasteiger partial charge in [0.2, 0.25) is 17.8 Å². The Morgan fingerprint density at radius 1 is 0.527 bits per heavy atom. The molecule has 0 aromatic carbocycles. The maximum Gasteiger partial charge on any atom is 0.414 e. The van der Waals surface area contributed by atoms with Crippen LogP contribution in [0, 0.1) is 0 Å². The summed E-state index contributed by atoms with van der Waals surface area (Å²) in [6.07, 6.45) is 1.90. The second kappa shape index (κ2) is 24.3. The van der Waals surface area contributed by atoms with E-state index >= 15 is 0 Å². The molecule has 0 fully saturated rings. The fourth-order valence-corrected chi connectivity index (χ4v) is 4.43. The highest BCUT2D eigenvalue weighted by Gasteiger charge is 2.23. The zero-order chi connectivity index (χ0) is 42.5. The lowest BCUT2D eigenvalue weighted by Crippen LogP contribution is -2.47. The summed E-state index contributed by atoms with van der Waals surface area (Å²) in [6.45, 7) is 23.3. The van der Waals surface area contributed by atoms with Crippen molar-refractivity contribution in [2.45, 2.75) is 157 Å². The van der Waals surface area contributed by atoms with Gasteiger partial charge in [-0.3, -0.25) is 25.2 Å². The molecule has 6 amide bonds. The van der Waals surface area contributed by atoms with Crippen molar-refractivity contribution in [2.24, 2.45) is 4.99 Å². The number of rotatable bonds is 18. The standard InChI is InChI=1S/C38H71N7O10/c1-35(2,3)52-31(48)41-23-20-26-45(34(51)55-38(10,11)12)25-19-17-21-39-28(46)27-29(47)44(13)24-18-15-14-16-22-40-30(42-32(49)53-36(4,5)6)43-33(50)54-37(7,8)9/h14-27H2,1-13H3,(H,39,46)(H,41,48)(H2,40,42,43,49,50). The quantitative estimate of drug-likeness (QED) is 0.0429. The first kappa shape index (κ1) is 50.7. The summed E-state index contributed by atoms with van der Waals surface area (Å²) >= 11 is 0. The second-order valence-corrected chi connectivity index (χ2v) is 17.2. The van der Waals surface area contributed by atoms with Gasteiger partial charge in [0.05, 0.1) is 0 Å². The van der Waals surface area contributed by atoms with Crippen LogP contribution >= 0.6 is 0 Å². The van der Waals surface area contributed by atoms with Gasteiger partial charge in [-0.1, -0.05) is 12.8 Å². The summed E-state index contributed by atoms with van der Waals surface area (Å²) in [4.78, 5) is 81.6. The maximum absolute atomic E-state index is 12.8. The summed E-state index contributed by atoms with van der Waals surface area (Å²) in [5.41, 5.74) is -2.73. The van der Waals surface area contributed by atoms with Gasteiger partial charge in [-0.05, 0) is 115 Å². The van der Waals surface area contributed by atoms with Crippen LogP contribution in [0.25, 0.3) is 0 Å². The van der Waals surface area contributed by atoms with E-state index in [0.29, 0.717) is 65.0 Å². The molecule has 0 rings (SSSR count). The minimum atomic E-state index is -0.759. The Bertz CT molecular complexity index is 1230. The number of carbonyl (C=O) groups excluding carboxylic acids is 6. The van der Waals surface area contributed by atoms with Crippen molar-refractivity contribution < 1.29 is 47.7 Å². The topological polar surface area (TPSA) is 206 Å². The van der Waals surface area contributed by atoms with E-state index in [0.717, 1.165) is 19.3 Å². The van der Waals surface area contributed by atoms with Gasteiger partial charge in [-0.15, -0.1) is 0 Å². The van der Waals surface area contributed by atoms with Crippen molar-refractivity contribution in [3.63, 3.8) is 0 Å². The maximum atomic E-state index is 12.8. The van der Waals surface area contributed by atoms with Crippen LogP contribution in [0.3, 0.4) is 0 Å². The Morgan fingerprint density at radius 2 is 0.982 bits per heavy atom. The van der Waals surface area contributed by atoms with E-state index < -0.39 is 46.8 Å². The number of ether oxygens (including phenoxy) is 4. The third-order valence-corrected chi connectivity index (χ3v) is 6.75. The number of amides is 6. The number of hydrogen-bond donors (Lipinski definition) is 4. The largest absolute Gasteiger partial charge is 0.444 e. The van der Waals surface area contributed by atoms with E-state index in [-0.39, 0.29) is 24.2 Å². The molecule has 0 aromatic heterocycles. The van der Waals surface area contributed by atoms with E-state index in [1.807, 2.05) is 0 Å². The Balaban J connectivity index is 4.60. The number of nitrogens with zero attached hydrogens (tertiary/aromatic N) is 3. The van der Waals surface area contributed by atoms with Gasteiger partial charge in [0.1, 0.15) is 28.8 Å². The molecule has 17 nitrogen and oxygen atoms in total. The lowest BCUT2D eigenvalue weighted by molar-refractivity contribution is -0.135. The van der Waals surface area contributed by atoms with E-state index in [1.165, 1.54) is 4.90 Å². The van der Waals surface area contributed by atoms with Gasteiger partial charge in [-0.25, -0.2) is 19.2 Å².